The van der Waals surface area contributed by atoms with Crippen LogP contribution in [0.2, 0.25) is 0 Å². The highest BCUT2D eigenvalue weighted by molar-refractivity contribution is 5.74. The van der Waals surface area contributed by atoms with E-state index in [0.717, 1.165) is 53.1 Å². The molecular weight excluding hydrogens is 354 g/mol. The Balaban J connectivity index is 2.21. The van der Waals surface area contributed by atoms with Gasteiger partial charge in [0.2, 0.25) is 0 Å². The van der Waals surface area contributed by atoms with E-state index >= 15 is 0 Å². The second-order valence-corrected chi connectivity index (χ2v) is 7.52. The third-order valence-corrected chi connectivity index (χ3v) is 5.45. The first-order valence-electron chi connectivity index (χ1n) is 9.73. The van der Waals surface area contributed by atoms with Crippen LogP contribution >= 0.6 is 0 Å². The molecule has 5 heteroatoms. The highest BCUT2D eigenvalue weighted by Crippen LogP contribution is 2.40. The van der Waals surface area contributed by atoms with E-state index in [1.165, 1.54) is 0 Å². The summed E-state index contributed by atoms with van der Waals surface area (Å²) in [5.41, 5.74) is 4.33. The van der Waals surface area contributed by atoms with Crippen LogP contribution in [0.1, 0.15) is 47.6 Å². The molecule has 2 atom stereocenters. The zero-order valence-electron chi connectivity index (χ0n) is 17.1. The number of aliphatic carboxylic acids is 1. The lowest BCUT2D eigenvalue weighted by molar-refractivity contribution is -0.145. The molecule has 5 nitrogen and oxygen atoms in total. The first kappa shape index (κ1) is 20.2. The molecule has 28 heavy (non-hydrogen) atoms. The van der Waals surface area contributed by atoms with E-state index in [2.05, 4.69) is 36.9 Å². The number of aryl methyl sites for hydroxylation is 2. The van der Waals surface area contributed by atoms with Gasteiger partial charge >= 0.3 is 5.97 Å². The molecule has 1 aliphatic rings. The second-order valence-electron chi connectivity index (χ2n) is 7.52. The molecular formula is C23H29NO4. The van der Waals surface area contributed by atoms with Crippen molar-refractivity contribution >= 4 is 5.97 Å². The molecule has 0 radical (unpaired) electrons. The van der Waals surface area contributed by atoms with Crippen LogP contribution in [0.3, 0.4) is 0 Å². The molecule has 0 aromatic heterocycles. The summed E-state index contributed by atoms with van der Waals surface area (Å²) >= 11 is 0. The molecule has 150 valence electrons. The van der Waals surface area contributed by atoms with Crippen LogP contribution in [-0.2, 0) is 4.79 Å². The van der Waals surface area contributed by atoms with E-state index in [9.17, 15) is 9.90 Å². The van der Waals surface area contributed by atoms with Gasteiger partial charge in [-0.2, -0.15) is 0 Å². The molecule has 1 saturated heterocycles. The first-order valence-corrected chi connectivity index (χ1v) is 9.73. The molecule has 1 fully saturated rings. The Kier molecular flexibility index (Phi) is 6.25. The number of piperidine rings is 1. The van der Waals surface area contributed by atoms with Gasteiger partial charge in [0.25, 0.3) is 0 Å². The first-order chi connectivity index (χ1) is 13.4. The molecule has 0 aliphatic carbocycles. The largest absolute Gasteiger partial charge is 0.497 e. The summed E-state index contributed by atoms with van der Waals surface area (Å²) in [4.78, 5) is 14.2. The molecule has 0 saturated carbocycles. The van der Waals surface area contributed by atoms with Gasteiger partial charge in [-0.25, -0.2) is 0 Å². The summed E-state index contributed by atoms with van der Waals surface area (Å²) in [5.74, 6) is 0.699. The van der Waals surface area contributed by atoms with Gasteiger partial charge in [0.1, 0.15) is 17.5 Å². The maximum Gasteiger partial charge on any atom is 0.320 e. The molecule has 1 aliphatic heterocycles. The summed E-state index contributed by atoms with van der Waals surface area (Å²) in [6, 6.07) is 11.4. The molecule has 0 amide bonds. The van der Waals surface area contributed by atoms with Gasteiger partial charge in [0.05, 0.1) is 20.3 Å². The minimum atomic E-state index is -0.768. The van der Waals surface area contributed by atoms with Gasteiger partial charge < -0.3 is 14.6 Å². The molecule has 0 spiro atoms. The second kappa shape index (κ2) is 8.65. The predicted molar refractivity (Wildman–Crippen MR) is 109 cm³/mol. The number of benzene rings is 2. The third-order valence-electron chi connectivity index (χ3n) is 5.45. The number of hydrogen-bond donors (Lipinski definition) is 1. The highest BCUT2D eigenvalue weighted by atomic mass is 16.5. The number of likely N-dealkylation sites (tertiary alicyclic amines) is 1. The fourth-order valence-electron chi connectivity index (χ4n) is 4.30. The number of nitrogens with zero attached hydrogens (tertiary/aromatic N) is 1. The highest BCUT2D eigenvalue weighted by Gasteiger charge is 2.36. The number of rotatable bonds is 6. The van der Waals surface area contributed by atoms with Crippen LogP contribution < -0.4 is 9.47 Å². The third kappa shape index (κ3) is 4.14. The van der Waals surface area contributed by atoms with Gasteiger partial charge in [-0.1, -0.05) is 35.7 Å². The lowest BCUT2D eigenvalue weighted by atomic mass is 9.89. The molecule has 2 unspecified atom stereocenters. The van der Waals surface area contributed by atoms with E-state index in [0.29, 0.717) is 6.42 Å². The van der Waals surface area contributed by atoms with E-state index in [4.69, 9.17) is 9.47 Å². The minimum absolute atomic E-state index is 0.218. The van der Waals surface area contributed by atoms with Crippen LogP contribution in [0.25, 0.3) is 0 Å². The van der Waals surface area contributed by atoms with Crippen LogP contribution in [0.15, 0.2) is 36.4 Å². The minimum Gasteiger partial charge on any atom is -0.497 e. The number of ether oxygens (including phenoxy) is 2. The summed E-state index contributed by atoms with van der Waals surface area (Å²) in [7, 11) is 3.28. The van der Waals surface area contributed by atoms with Gasteiger partial charge in [-0.05, 0) is 57.0 Å². The van der Waals surface area contributed by atoms with Crippen LogP contribution in [-0.4, -0.2) is 42.8 Å². The number of methoxy groups -OCH3 is 2. The quantitative estimate of drug-likeness (QED) is 0.804. The SMILES string of the molecule is COc1ccc(OC)c(C(c2cc(C)cc(C)c2)N2CCCCC2C(=O)O)c1. The Morgan fingerprint density at radius 3 is 2.39 bits per heavy atom. The van der Waals surface area contributed by atoms with E-state index < -0.39 is 12.0 Å². The Bertz CT molecular complexity index is 828. The van der Waals surface area contributed by atoms with Crippen LogP contribution in [0.4, 0.5) is 0 Å². The molecule has 2 aromatic rings. The number of carboxylic acid groups (broad SMARTS) is 1. The number of hydrogen-bond acceptors (Lipinski definition) is 4. The Labute approximate surface area is 166 Å². The predicted octanol–water partition coefficient (Wildman–Crippen LogP) is 4.35. The molecule has 2 aromatic carbocycles. The lowest BCUT2D eigenvalue weighted by Gasteiger charge is -2.40. The van der Waals surface area contributed by atoms with Crippen molar-refractivity contribution < 1.29 is 19.4 Å². The average Bonchev–Trinajstić information content (AvgIpc) is 2.67. The monoisotopic (exact) mass is 383 g/mol. The number of carboxylic acids is 1. The van der Waals surface area contributed by atoms with Gasteiger partial charge in [0.15, 0.2) is 0 Å². The van der Waals surface area contributed by atoms with Crippen molar-refractivity contribution in [3.05, 3.63) is 58.7 Å². The molecule has 3 rings (SSSR count). The normalized spacial score (nSPS) is 18.5. The van der Waals surface area contributed by atoms with Gasteiger partial charge in [0, 0.05) is 5.56 Å². The maximum absolute atomic E-state index is 12.0. The van der Waals surface area contributed by atoms with Crippen molar-refractivity contribution in [3.63, 3.8) is 0 Å². The summed E-state index contributed by atoms with van der Waals surface area (Å²) in [5, 5.41) is 9.89. The fourth-order valence-corrected chi connectivity index (χ4v) is 4.30. The van der Waals surface area contributed by atoms with Crippen molar-refractivity contribution in [1.82, 2.24) is 4.90 Å². The molecule has 0 bridgehead atoms. The van der Waals surface area contributed by atoms with Crippen molar-refractivity contribution in [2.45, 2.75) is 45.2 Å². The van der Waals surface area contributed by atoms with E-state index in [1.807, 2.05) is 18.2 Å². The summed E-state index contributed by atoms with van der Waals surface area (Å²) in [6.07, 6.45) is 2.57. The smallest absolute Gasteiger partial charge is 0.320 e. The van der Waals surface area contributed by atoms with Crippen LogP contribution in [0, 0.1) is 13.8 Å². The van der Waals surface area contributed by atoms with Crippen molar-refractivity contribution in [2.75, 3.05) is 20.8 Å². The van der Waals surface area contributed by atoms with Crippen LogP contribution in [0.5, 0.6) is 11.5 Å². The summed E-state index contributed by atoms with van der Waals surface area (Å²) < 4.78 is 11.1. The Morgan fingerprint density at radius 2 is 1.79 bits per heavy atom. The molecule has 1 N–H and O–H groups in total. The van der Waals surface area contributed by atoms with Crippen molar-refractivity contribution in [1.29, 1.82) is 0 Å². The average molecular weight is 383 g/mol. The van der Waals surface area contributed by atoms with Crippen molar-refractivity contribution in [3.8, 4) is 11.5 Å². The summed E-state index contributed by atoms with van der Waals surface area (Å²) in [6.45, 7) is 4.87. The van der Waals surface area contributed by atoms with E-state index in [-0.39, 0.29) is 6.04 Å². The molecule has 1 heterocycles. The zero-order chi connectivity index (χ0) is 20.3. The number of carbonyl (C=O) groups is 1. The fraction of sp³-hybridized carbons (Fsp3) is 0.435. The topological polar surface area (TPSA) is 59.0 Å². The van der Waals surface area contributed by atoms with Gasteiger partial charge in [-0.15, -0.1) is 0 Å². The Hall–Kier alpha value is -2.53. The van der Waals surface area contributed by atoms with Crippen molar-refractivity contribution in [2.24, 2.45) is 0 Å². The van der Waals surface area contributed by atoms with E-state index in [1.54, 1.807) is 14.2 Å². The standard InChI is InChI=1S/C23H29NO4/c1-15-11-16(2)13-17(12-15)22(24-10-6-5-7-20(24)23(25)26)19-14-18(27-3)8-9-21(19)28-4/h8-9,11-14,20,22H,5-7,10H2,1-4H3,(H,25,26). The maximum atomic E-state index is 12.0. The lowest BCUT2D eigenvalue weighted by Crippen LogP contribution is -2.47. The zero-order valence-corrected chi connectivity index (χ0v) is 17.1. The Morgan fingerprint density at radius 1 is 1.07 bits per heavy atom. The van der Waals surface area contributed by atoms with Gasteiger partial charge in [-0.3, -0.25) is 9.69 Å².